The molecule has 0 saturated carbocycles. The number of amides is 1. The van der Waals surface area contributed by atoms with E-state index in [0.29, 0.717) is 30.9 Å². The minimum absolute atomic E-state index is 0.111. The lowest BCUT2D eigenvalue weighted by Crippen LogP contribution is -2.25. The number of carbonyl (C=O) groups excluding carboxylic acids is 1. The number of pyridine rings is 1. The minimum atomic E-state index is 0.111. The molecule has 0 bridgehead atoms. The lowest BCUT2D eigenvalue weighted by atomic mass is 10.1. The molecule has 2 aromatic heterocycles. The molecule has 190 valence electrons. The number of hydrogen-bond donors (Lipinski definition) is 2. The van der Waals surface area contributed by atoms with Crippen molar-refractivity contribution in [1.29, 1.82) is 0 Å². The summed E-state index contributed by atoms with van der Waals surface area (Å²) in [6.45, 7) is 5.43. The number of imidazole rings is 1. The number of carbonyl (C=O) groups is 1. The Kier molecular flexibility index (Phi) is 8.76. The van der Waals surface area contributed by atoms with E-state index in [4.69, 9.17) is 15.6 Å². The molecular weight excluding hydrogens is 450 g/mol. The highest BCUT2D eigenvalue weighted by molar-refractivity contribution is 6.06. The normalized spacial score (nSPS) is 11.3. The van der Waals surface area contributed by atoms with Gasteiger partial charge in [0.1, 0.15) is 23.5 Å². The number of benzene rings is 2. The number of unbranched alkanes of at least 4 members (excludes halogenated alkanes) is 2. The summed E-state index contributed by atoms with van der Waals surface area (Å²) in [6, 6.07) is 16.4. The van der Waals surface area contributed by atoms with E-state index in [9.17, 15) is 4.79 Å². The van der Waals surface area contributed by atoms with Crippen molar-refractivity contribution < 1.29 is 9.63 Å². The lowest BCUT2D eigenvalue weighted by Gasteiger charge is -2.12. The second kappa shape index (κ2) is 12.4. The third-order valence-corrected chi connectivity index (χ3v) is 6.40. The van der Waals surface area contributed by atoms with Gasteiger partial charge in [0.05, 0.1) is 5.52 Å². The molecule has 0 radical (unpaired) electrons. The monoisotopic (exact) mass is 487 g/mol. The first kappa shape index (κ1) is 25.5. The molecule has 7 heteroatoms. The molecule has 36 heavy (non-hydrogen) atoms. The van der Waals surface area contributed by atoms with Crippen LogP contribution in [0.1, 0.15) is 62.4 Å². The molecule has 2 aromatic carbocycles. The van der Waals surface area contributed by atoms with Crippen molar-refractivity contribution in [3.8, 4) is 0 Å². The van der Waals surface area contributed by atoms with Gasteiger partial charge in [0.25, 0.3) is 0 Å². The smallest absolute Gasteiger partial charge is 0.220 e. The number of nitrogen functional groups attached to an aromatic ring is 1. The number of hydrogen-bond acceptors (Lipinski definition) is 5. The van der Waals surface area contributed by atoms with Crippen molar-refractivity contribution >= 4 is 33.7 Å². The number of aryl methyl sites for hydroxylation is 3. The van der Waals surface area contributed by atoms with Crippen LogP contribution in [0.25, 0.3) is 21.9 Å². The summed E-state index contributed by atoms with van der Waals surface area (Å²) in [4.78, 5) is 27.7. The van der Waals surface area contributed by atoms with Crippen LogP contribution in [0.4, 0.5) is 5.82 Å². The van der Waals surface area contributed by atoms with E-state index < -0.39 is 0 Å². The molecular formula is C29H37N5O2. The zero-order valence-corrected chi connectivity index (χ0v) is 21.4. The Morgan fingerprint density at radius 1 is 1.00 bits per heavy atom. The van der Waals surface area contributed by atoms with Crippen molar-refractivity contribution in [3.63, 3.8) is 0 Å². The van der Waals surface area contributed by atoms with Crippen LogP contribution >= 0.6 is 0 Å². The lowest BCUT2D eigenvalue weighted by molar-refractivity contribution is -0.121. The van der Waals surface area contributed by atoms with Gasteiger partial charge in [0.15, 0.2) is 5.82 Å². The van der Waals surface area contributed by atoms with E-state index in [1.807, 2.05) is 29.0 Å². The van der Waals surface area contributed by atoms with E-state index >= 15 is 0 Å². The van der Waals surface area contributed by atoms with Crippen molar-refractivity contribution in [2.45, 2.75) is 65.2 Å². The van der Waals surface area contributed by atoms with Crippen LogP contribution in [0.3, 0.4) is 0 Å². The fourth-order valence-electron chi connectivity index (χ4n) is 4.36. The average molecular weight is 488 g/mol. The van der Waals surface area contributed by atoms with Crippen molar-refractivity contribution in [2.75, 3.05) is 18.9 Å². The van der Waals surface area contributed by atoms with Gasteiger partial charge in [-0.1, -0.05) is 61.4 Å². The Bertz CT molecular complexity index is 1300. The maximum absolute atomic E-state index is 12.2. The van der Waals surface area contributed by atoms with Gasteiger partial charge in [-0.2, -0.15) is 4.73 Å². The van der Waals surface area contributed by atoms with Crippen LogP contribution in [-0.2, 0) is 17.6 Å². The molecule has 2 heterocycles. The van der Waals surface area contributed by atoms with Crippen molar-refractivity contribution in [1.82, 2.24) is 20.0 Å². The minimum Gasteiger partial charge on any atom is -0.412 e. The largest absolute Gasteiger partial charge is 0.412 e. The average Bonchev–Trinajstić information content (AvgIpc) is 3.25. The van der Waals surface area contributed by atoms with Gasteiger partial charge in [-0.15, -0.1) is 0 Å². The Labute approximate surface area is 213 Å². The Morgan fingerprint density at radius 3 is 2.61 bits per heavy atom. The molecule has 4 aromatic rings. The summed E-state index contributed by atoms with van der Waals surface area (Å²) in [7, 11) is 0. The first-order chi connectivity index (χ1) is 17.6. The number of aromatic nitrogens is 3. The van der Waals surface area contributed by atoms with Gasteiger partial charge in [-0.05, 0) is 50.7 Å². The Morgan fingerprint density at radius 2 is 1.81 bits per heavy atom. The van der Waals surface area contributed by atoms with Crippen LogP contribution < -0.4 is 15.9 Å². The molecule has 0 unspecified atom stereocenters. The van der Waals surface area contributed by atoms with Crippen LogP contribution in [0.5, 0.6) is 0 Å². The fourth-order valence-corrected chi connectivity index (χ4v) is 4.36. The number of fused-ring (bicyclic) bond motifs is 3. The van der Waals surface area contributed by atoms with Gasteiger partial charge in [-0.25, -0.2) is 9.97 Å². The van der Waals surface area contributed by atoms with Gasteiger partial charge >= 0.3 is 0 Å². The van der Waals surface area contributed by atoms with E-state index in [0.717, 1.165) is 67.2 Å². The topological polar surface area (TPSA) is 95.1 Å². The zero-order valence-electron chi connectivity index (χ0n) is 21.4. The molecule has 0 spiro atoms. The van der Waals surface area contributed by atoms with Gasteiger partial charge in [0.2, 0.25) is 5.91 Å². The van der Waals surface area contributed by atoms with Gasteiger partial charge < -0.3 is 15.9 Å². The van der Waals surface area contributed by atoms with Crippen molar-refractivity contribution in [3.05, 3.63) is 65.5 Å². The highest BCUT2D eigenvalue weighted by Gasteiger charge is 2.18. The van der Waals surface area contributed by atoms with Gasteiger partial charge in [0, 0.05) is 24.8 Å². The maximum atomic E-state index is 12.2. The predicted octanol–water partition coefficient (Wildman–Crippen LogP) is 5.17. The quantitative estimate of drug-likeness (QED) is 0.254. The molecule has 0 atom stereocenters. The van der Waals surface area contributed by atoms with E-state index in [-0.39, 0.29) is 5.91 Å². The zero-order chi connectivity index (χ0) is 25.3. The first-order valence-electron chi connectivity index (χ1n) is 13.1. The number of nitrogens with one attached hydrogen (secondary N) is 1. The summed E-state index contributed by atoms with van der Waals surface area (Å²) < 4.78 is 1.86. The summed E-state index contributed by atoms with van der Waals surface area (Å²) >= 11 is 0. The second-order valence-corrected chi connectivity index (χ2v) is 9.37. The SMILES string of the molecule is CCCCc1nc2c(N)nc3ccccc3c2n1OCCCCNC(=O)CCCc1ccc(C)cc1. The molecule has 7 nitrogen and oxygen atoms in total. The van der Waals surface area contributed by atoms with Gasteiger partial charge in [-0.3, -0.25) is 4.79 Å². The molecule has 0 fully saturated rings. The number of nitrogens with zero attached hydrogens (tertiary/aromatic N) is 3. The molecule has 3 N–H and O–H groups in total. The van der Waals surface area contributed by atoms with Crippen LogP contribution in [-0.4, -0.2) is 33.8 Å². The highest BCUT2D eigenvalue weighted by atomic mass is 16.7. The molecule has 0 saturated heterocycles. The third-order valence-electron chi connectivity index (χ3n) is 6.40. The van der Waals surface area contributed by atoms with Crippen LogP contribution in [0.15, 0.2) is 48.5 Å². The van der Waals surface area contributed by atoms with Crippen molar-refractivity contribution in [2.24, 2.45) is 0 Å². The van der Waals surface area contributed by atoms with E-state index in [1.54, 1.807) is 0 Å². The summed E-state index contributed by atoms with van der Waals surface area (Å²) in [6.07, 6.45) is 6.93. The second-order valence-electron chi connectivity index (χ2n) is 9.37. The molecule has 0 aliphatic rings. The number of rotatable bonds is 13. The number of anilines is 1. The number of nitrogens with two attached hydrogens (primary N) is 1. The van der Waals surface area contributed by atoms with E-state index in [2.05, 4.69) is 48.4 Å². The van der Waals surface area contributed by atoms with E-state index in [1.165, 1.54) is 11.1 Å². The van der Waals surface area contributed by atoms with Crippen LogP contribution in [0, 0.1) is 6.92 Å². The molecule has 0 aliphatic carbocycles. The Balaban J connectivity index is 1.28. The summed E-state index contributed by atoms with van der Waals surface area (Å²) in [5.74, 6) is 1.41. The fraction of sp³-hybridized carbons (Fsp3) is 0.414. The first-order valence-corrected chi connectivity index (χ1v) is 13.1. The highest BCUT2D eigenvalue weighted by Crippen LogP contribution is 2.28. The molecule has 4 rings (SSSR count). The summed E-state index contributed by atoms with van der Waals surface area (Å²) in [5.41, 5.74) is 11.2. The maximum Gasteiger partial charge on any atom is 0.220 e. The summed E-state index contributed by atoms with van der Waals surface area (Å²) in [5, 5.41) is 4.02. The predicted molar refractivity (Wildman–Crippen MR) is 146 cm³/mol. The molecule has 1 amide bonds. The standard InChI is InChI=1S/C29H37N5O2/c1-3-4-13-25-33-27-28(23-11-5-6-12-24(23)32-29(27)30)34(25)36-20-8-7-19-31-26(35)14-9-10-22-17-15-21(2)16-18-22/h5-6,11-12,15-18H,3-4,7-10,13-14,19-20H2,1-2H3,(H2,30,32)(H,31,35). The molecule has 0 aliphatic heterocycles. The van der Waals surface area contributed by atoms with Crippen LogP contribution in [0.2, 0.25) is 0 Å². The number of para-hydroxylation sites is 1. The third kappa shape index (κ3) is 6.33. The Hall–Kier alpha value is -3.61.